The quantitative estimate of drug-likeness (QED) is 0.931. The van der Waals surface area contributed by atoms with E-state index in [-0.39, 0.29) is 0 Å². The molecule has 2 aromatic rings. The second kappa shape index (κ2) is 4.80. The molecule has 1 atom stereocenters. The second-order valence-electron chi connectivity index (χ2n) is 4.13. The number of halogens is 1. The monoisotopic (exact) mass is 270 g/mol. The van der Waals surface area contributed by atoms with Gasteiger partial charge in [-0.05, 0) is 26.0 Å². The minimum absolute atomic E-state index is 0.515. The van der Waals surface area contributed by atoms with Crippen LogP contribution in [0.25, 0.3) is 0 Å². The molecule has 0 amide bonds. The number of aromatic nitrogens is 2. The van der Waals surface area contributed by atoms with Crippen molar-refractivity contribution in [3.05, 3.63) is 38.3 Å². The highest BCUT2D eigenvalue weighted by Crippen LogP contribution is 2.29. The SMILES string of the molecule is Cc1nn(C)c(C)c1C(O)Cc1ccc(Cl)s1. The fourth-order valence-corrected chi connectivity index (χ4v) is 3.15. The number of rotatable bonds is 3. The fourth-order valence-electron chi connectivity index (χ4n) is 2.03. The molecule has 0 fully saturated rings. The number of hydrogen-bond donors (Lipinski definition) is 1. The fraction of sp³-hybridized carbons (Fsp3) is 0.417. The molecule has 92 valence electrons. The molecule has 17 heavy (non-hydrogen) atoms. The molecule has 3 nitrogen and oxygen atoms in total. The number of nitrogens with zero attached hydrogens (tertiary/aromatic N) is 2. The zero-order valence-electron chi connectivity index (χ0n) is 10.1. The van der Waals surface area contributed by atoms with Crippen molar-refractivity contribution in [3.63, 3.8) is 0 Å². The summed E-state index contributed by atoms with van der Waals surface area (Å²) >= 11 is 7.38. The predicted octanol–water partition coefficient (Wildman–Crippen LogP) is 3.03. The molecule has 1 unspecified atom stereocenters. The molecule has 0 aromatic carbocycles. The maximum atomic E-state index is 10.3. The highest BCUT2D eigenvalue weighted by atomic mass is 35.5. The number of aryl methyl sites for hydroxylation is 2. The van der Waals surface area contributed by atoms with Crippen LogP contribution in [0.1, 0.15) is 27.9 Å². The number of aliphatic hydroxyl groups excluding tert-OH is 1. The third-order valence-corrected chi connectivity index (χ3v) is 4.18. The van der Waals surface area contributed by atoms with Gasteiger partial charge in [0.25, 0.3) is 0 Å². The summed E-state index contributed by atoms with van der Waals surface area (Å²) in [6, 6.07) is 3.81. The second-order valence-corrected chi connectivity index (χ2v) is 5.93. The lowest BCUT2D eigenvalue weighted by Crippen LogP contribution is -2.03. The summed E-state index contributed by atoms with van der Waals surface area (Å²) < 4.78 is 2.56. The van der Waals surface area contributed by atoms with Gasteiger partial charge in [-0.3, -0.25) is 4.68 Å². The molecule has 0 radical (unpaired) electrons. The van der Waals surface area contributed by atoms with Crippen LogP contribution in [0.5, 0.6) is 0 Å². The largest absolute Gasteiger partial charge is 0.388 e. The van der Waals surface area contributed by atoms with E-state index in [1.807, 2.05) is 33.0 Å². The summed E-state index contributed by atoms with van der Waals surface area (Å²) in [5, 5.41) is 14.6. The Hall–Kier alpha value is -0.840. The summed E-state index contributed by atoms with van der Waals surface area (Å²) in [5.74, 6) is 0. The zero-order valence-corrected chi connectivity index (χ0v) is 11.6. The molecule has 0 bridgehead atoms. The Morgan fingerprint density at radius 3 is 2.65 bits per heavy atom. The van der Waals surface area contributed by atoms with E-state index >= 15 is 0 Å². The van der Waals surface area contributed by atoms with Crippen molar-refractivity contribution < 1.29 is 5.11 Å². The Labute approximate surface area is 110 Å². The van der Waals surface area contributed by atoms with Crippen molar-refractivity contribution in [2.45, 2.75) is 26.4 Å². The Kier molecular flexibility index (Phi) is 3.56. The van der Waals surface area contributed by atoms with Crippen LogP contribution in [0, 0.1) is 13.8 Å². The van der Waals surface area contributed by atoms with Crippen molar-refractivity contribution in [2.24, 2.45) is 7.05 Å². The summed E-state index contributed by atoms with van der Waals surface area (Å²) in [6.07, 6.45) is 0.0727. The molecule has 2 aromatic heterocycles. The van der Waals surface area contributed by atoms with E-state index in [0.29, 0.717) is 6.42 Å². The van der Waals surface area contributed by atoms with Gasteiger partial charge in [0, 0.05) is 29.6 Å². The molecule has 0 aliphatic rings. The molecule has 5 heteroatoms. The maximum Gasteiger partial charge on any atom is 0.0931 e. The van der Waals surface area contributed by atoms with Crippen LogP contribution in [0.4, 0.5) is 0 Å². The Morgan fingerprint density at radius 1 is 1.47 bits per heavy atom. The third kappa shape index (κ3) is 2.54. The minimum Gasteiger partial charge on any atom is -0.388 e. The summed E-state index contributed by atoms with van der Waals surface area (Å²) in [7, 11) is 1.89. The minimum atomic E-state index is -0.515. The van der Waals surface area contributed by atoms with Gasteiger partial charge < -0.3 is 5.11 Å². The van der Waals surface area contributed by atoms with Crippen LogP contribution in [0.15, 0.2) is 12.1 Å². The van der Waals surface area contributed by atoms with Crippen LogP contribution >= 0.6 is 22.9 Å². The van der Waals surface area contributed by atoms with E-state index in [0.717, 1.165) is 26.2 Å². The molecule has 2 rings (SSSR count). The molecular weight excluding hydrogens is 256 g/mol. The van der Waals surface area contributed by atoms with Gasteiger partial charge in [0.05, 0.1) is 16.1 Å². The lowest BCUT2D eigenvalue weighted by Gasteiger charge is -2.10. The van der Waals surface area contributed by atoms with Gasteiger partial charge in [-0.1, -0.05) is 11.6 Å². The summed E-state index contributed by atoms with van der Waals surface area (Å²) in [4.78, 5) is 1.09. The van der Waals surface area contributed by atoms with Crippen LogP contribution in [0.3, 0.4) is 0 Å². The van der Waals surface area contributed by atoms with E-state index in [1.165, 1.54) is 11.3 Å². The maximum absolute atomic E-state index is 10.3. The normalized spacial score (nSPS) is 13.0. The Balaban J connectivity index is 2.22. The van der Waals surface area contributed by atoms with Crippen LogP contribution in [-0.2, 0) is 13.5 Å². The first kappa shape index (κ1) is 12.6. The topological polar surface area (TPSA) is 38.0 Å². The van der Waals surface area contributed by atoms with E-state index in [4.69, 9.17) is 11.6 Å². The average molecular weight is 271 g/mol. The molecule has 0 aliphatic carbocycles. The summed E-state index contributed by atoms with van der Waals surface area (Å²) in [6.45, 7) is 3.90. The molecule has 0 aliphatic heterocycles. The molecule has 1 N–H and O–H groups in total. The van der Waals surface area contributed by atoms with Crippen LogP contribution in [0.2, 0.25) is 4.34 Å². The van der Waals surface area contributed by atoms with E-state index < -0.39 is 6.10 Å². The zero-order chi connectivity index (χ0) is 12.6. The molecule has 0 saturated heterocycles. The highest BCUT2D eigenvalue weighted by molar-refractivity contribution is 7.16. The van der Waals surface area contributed by atoms with Crippen molar-refractivity contribution in [3.8, 4) is 0 Å². The first-order valence-electron chi connectivity index (χ1n) is 5.41. The first-order chi connectivity index (χ1) is 7.99. The van der Waals surface area contributed by atoms with Gasteiger partial charge >= 0.3 is 0 Å². The molecule has 0 saturated carbocycles. The van der Waals surface area contributed by atoms with Crippen LogP contribution in [-0.4, -0.2) is 14.9 Å². The Morgan fingerprint density at radius 2 is 2.18 bits per heavy atom. The van der Waals surface area contributed by atoms with Gasteiger partial charge in [-0.15, -0.1) is 11.3 Å². The number of hydrogen-bond acceptors (Lipinski definition) is 3. The van der Waals surface area contributed by atoms with Crippen LogP contribution < -0.4 is 0 Å². The first-order valence-corrected chi connectivity index (χ1v) is 6.61. The van der Waals surface area contributed by atoms with E-state index in [1.54, 1.807) is 4.68 Å². The number of aliphatic hydroxyl groups is 1. The van der Waals surface area contributed by atoms with E-state index in [9.17, 15) is 5.11 Å². The van der Waals surface area contributed by atoms with Gasteiger partial charge in [-0.2, -0.15) is 5.10 Å². The molecular formula is C12H15ClN2OS. The van der Waals surface area contributed by atoms with Gasteiger partial charge in [0.15, 0.2) is 0 Å². The number of thiophene rings is 1. The van der Waals surface area contributed by atoms with E-state index in [2.05, 4.69) is 5.10 Å². The van der Waals surface area contributed by atoms with Gasteiger partial charge in [-0.25, -0.2) is 0 Å². The van der Waals surface area contributed by atoms with Crippen molar-refractivity contribution in [1.82, 2.24) is 9.78 Å². The third-order valence-electron chi connectivity index (χ3n) is 2.92. The van der Waals surface area contributed by atoms with Gasteiger partial charge in [0.1, 0.15) is 0 Å². The predicted molar refractivity (Wildman–Crippen MR) is 70.7 cm³/mol. The average Bonchev–Trinajstić information content (AvgIpc) is 2.73. The molecule has 0 spiro atoms. The standard InChI is InChI=1S/C12H15ClN2OS/c1-7-12(8(2)15(3)14-7)10(16)6-9-4-5-11(13)17-9/h4-5,10,16H,6H2,1-3H3. The summed E-state index contributed by atoms with van der Waals surface area (Å²) in [5.41, 5.74) is 2.83. The van der Waals surface area contributed by atoms with Crippen molar-refractivity contribution in [2.75, 3.05) is 0 Å². The van der Waals surface area contributed by atoms with Crippen molar-refractivity contribution in [1.29, 1.82) is 0 Å². The van der Waals surface area contributed by atoms with Crippen molar-refractivity contribution >= 4 is 22.9 Å². The smallest absolute Gasteiger partial charge is 0.0931 e. The Bertz CT molecular complexity index is 533. The molecule has 2 heterocycles. The highest BCUT2D eigenvalue weighted by Gasteiger charge is 2.18. The lowest BCUT2D eigenvalue weighted by atomic mass is 10.0. The lowest BCUT2D eigenvalue weighted by molar-refractivity contribution is 0.178. The van der Waals surface area contributed by atoms with Gasteiger partial charge in [0.2, 0.25) is 0 Å².